The van der Waals surface area contributed by atoms with E-state index in [4.69, 9.17) is 74.3 Å². The van der Waals surface area contributed by atoms with Gasteiger partial charge in [0.05, 0.1) is 34.1 Å². The molecule has 4 aliphatic carbocycles. The molecular formula is C12H6Cl6O2. The zero-order valence-electron chi connectivity index (χ0n) is 9.55. The van der Waals surface area contributed by atoms with Crippen LogP contribution in [-0.4, -0.2) is 32.1 Å². The molecule has 1 heterocycles. The number of rotatable bonds is 0. The van der Waals surface area contributed by atoms with E-state index in [2.05, 4.69) is 0 Å². The topological polar surface area (TPSA) is 29.6 Å². The van der Waals surface area contributed by atoms with Gasteiger partial charge in [0.1, 0.15) is 15.5 Å². The minimum atomic E-state index is -1.54. The van der Waals surface area contributed by atoms with E-state index in [9.17, 15) is 4.79 Å². The molecule has 5 aliphatic rings. The molecule has 2 nitrogen and oxygen atoms in total. The largest absolute Gasteiger partial charge is 0.368 e. The summed E-state index contributed by atoms with van der Waals surface area (Å²) in [6, 6.07) is 0. The number of hydrogen-bond acceptors (Lipinski definition) is 2. The van der Waals surface area contributed by atoms with Gasteiger partial charge < -0.3 is 4.74 Å². The molecular weight excluding hydrogens is 389 g/mol. The molecule has 0 amide bonds. The van der Waals surface area contributed by atoms with Gasteiger partial charge in [-0.1, -0.05) is 46.4 Å². The van der Waals surface area contributed by atoms with E-state index in [-0.39, 0.29) is 51.7 Å². The summed E-state index contributed by atoms with van der Waals surface area (Å²) in [5.74, 6) is -1.18. The summed E-state index contributed by atoms with van der Waals surface area (Å²) in [4.78, 5) is 9.81. The number of fused-ring (bicyclic) bond motifs is 12. The lowest BCUT2D eigenvalue weighted by Crippen LogP contribution is -2.47. The lowest BCUT2D eigenvalue weighted by molar-refractivity contribution is -0.125. The number of carbonyl (C=O) groups excluding carboxylic acids is 1. The molecule has 3 saturated carbocycles. The monoisotopic (exact) mass is 392 g/mol. The van der Waals surface area contributed by atoms with Crippen molar-refractivity contribution in [2.24, 2.45) is 23.7 Å². The van der Waals surface area contributed by atoms with Crippen LogP contribution in [0.4, 0.5) is 0 Å². The summed E-state index contributed by atoms with van der Waals surface area (Å²) in [6.07, 6.45) is -0.173. The Bertz CT molecular complexity index is 583. The van der Waals surface area contributed by atoms with Gasteiger partial charge >= 0.3 is 0 Å². The normalized spacial score (nSPS) is 64.0. The van der Waals surface area contributed by atoms with Crippen molar-refractivity contribution in [2.75, 3.05) is 0 Å². The minimum Gasteiger partial charge on any atom is -0.368 e. The maximum atomic E-state index is 12.5. The third-order valence-electron chi connectivity index (χ3n) is 5.75. The summed E-state index contributed by atoms with van der Waals surface area (Å²) in [5, 5.41) is 0.333. The second-order valence-corrected chi connectivity index (χ2v) is 9.47. The number of allylic oxidation sites excluding steroid dienone is 2. The van der Waals surface area contributed by atoms with Crippen LogP contribution in [0.15, 0.2) is 10.1 Å². The van der Waals surface area contributed by atoms with Crippen LogP contribution in [0.25, 0.3) is 0 Å². The van der Waals surface area contributed by atoms with Gasteiger partial charge in [0.2, 0.25) is 0 Å². The Balaban J connectivity index is 1.82. The SMILES string of the molecule is O=C1C2[C@H]3O[C@H]3C1[C@H]1[C@@H]2[C@]2(Cl)C(Cl)=C(Cl)[C@@]1(Cl)C2(Cl)Cl. The maximum Gasteiger partial charge on any atom is 0.166 e. The van der Waals surface area contributed by atoms with Gasteiger partial charge in [-0.25, -0.2) is 0 Å². The molecule has 0 spiro atoms. The van der Waals surface area contributed by atoms with Crippen molar-refractivity contribution in [1.82, 2.24) is 0 Å². The highest BCUT2D eigenvalue weighted by atomic mass is 35.5. The number of alkyl halides is 4. The number of carbonyl (C=O) groups is 1. The van der Waals surface area contributed by atoms with E-state index in [0.717, 1.165) is 0 Å². The standard InChI is InChI=1S/C12H6Cl6O2/c13-8-9(14)11(16)4-2-5(19)1(6-7(2)20-6)3(4)10(8,15)12(11,17)18/h1-4,6-7H/t1?,2?,3-,4+,6-,7+,10+,11-. The van der Waals surface area contributed by atoms with E-state index >= 15 is 0 Å². The Kier molecular flexibility index (Phi) is 2.24. The van der Waals surface area contributed by atoms with E-state index < -0.39 is 14.1 Å². The molecule has 20 heavy (non-hydrogen) atoms. The predicted molar refractivity (Wildman–Crippen MR) is 78.0 cm³/mol. The molecule has 8 heteroatoms. The summed E-state index contributed by atoms with van der Waals surface area (Å²) < 4.78 is 4.03. The Morgan fingerprint density at radius 1 is 0.850 bits per heavy atom. The first-order valence-corrected chi connectivity index (χ1v) is 8.48. The predicted octanol–water partition coefficient (Wildman–Crippen LogP) is 3.66. The Labute approximate surface area is 144 Å². The summed E-state index contributed by atoms with van der Waals surface area (Å²) in [6.45, 7) is 0. The first kappa shape index (κ1) is 13.5. The van der Waals surface area contributed by atoms with Gasteiger partial charge in [0.25, 0.3) is 0 Å². The third kappa shape index (κ3) is 0.953. The average Bonchev–Trinajstić information content (AvgIpc) is 3.01. The second kappa shape index (κ2) is 3.31. The zero-order chi connectivity index (χ0) is 14.4. The van der Waals surface area contributed by atoms with Gasteiger partial charge in [-0.15, -0.1) is 23.2 Å². The van der Waals surface area contributed by atoms with Crippen LogP contribution >= 0.6 is 69.6 Å². The van der Waals surface area contributed by atoms with Crippen molar-refractivity contribution >= 4 is 75.4 Å². The second-order valence-electron chi connectivity index (χ2n) is 6.20. The molecule has 8 atom stereocenters. The van der Waals surface area contributed by atoms with E-state index in [1.54, 1.807) is 0 Å². The smallest absolute Gasteiger partial charge is 0.166 e. The lowest BCUT2D eigenvalue weighted by atomic mass is 9.73. The number of hydrogen-bond donors (Lipinski definition) is 0. The molecule has 0 aromatic rings. The number of ketones is 1. The molecule has 2 unspecified atom stereocenters. The molecule has 0 N–H and O–H groups in total. The van der Waals surface area contributed by atoms with Crippen molar-refractivity contribution in [3.05, 3.63) is 10.1 Å². The zero-order valence-corrected chi connectivity index (χ0v) is 14.1. The first-order chi connectivity index (χ1) is 9.20. The summed E-state index contributed by atoms with van der Waals surface area (Å²) in [7, 11) is 0. The van der Waals surface area contributed by atoms with Crippen LogP contribution < -0.4 is 0 Å². The van der Waals surface area contributed by atoms with Gasteiger partial charge in [0.15, 0.2) is 4.33 Å². The molecule has 0 aromatic heterocycles. The van der Waals surface area contributed by atoms with Crippen LogP contribution in [0, 0.1) is 23.7 Å². The fourth-order valence-corrected chi connectivity index (χ4v) is 8.11. The minimum absolute atomic E-state index is 0.0867. The highest BCUT2D eigenvalue weighted by molar-refractivity contribution is 6.65. The van der Waals surface area contributed by atoms with Gasteiger partial charge in [0, 0.05) is 11.8 Å². The lowest BCUT2D eigenvalue weighted by Gasteiger charge is -2.36. The quantitative estimate of drug-likeness (QED) is 0.356. The van der Waals surface area contributed by atoms with Crippen molar-refractivity contribution in [2.45, 2.75) is 26.3 Å². The fraction of sp³-hybridized carbons (Fsp3) is 0.750. The molecule has 1 aliphatic heterocycles. The van der Waals surface area contributed by atoms with E-state index in [0.29, 0.717) is 0 Å². The highest BCUT2D eigenvalue weighted by Crippen LogP contribution is 2.83. The van der Waals surface area contributed by atoms with Crippen LogP contribution in [0.1, 0.15) is 0 Å². The van der Waals surface area contributed by atoms with E-state index in [1.165, 1.54) is 0 Å². The average molecular weight is 395 g/mol. The molecule has 5 rings (SSSR count). The van der Waals surface area contributed by atoms with Crippen molar-refractivity contribution in [3.8, 4) is 0 Å². The van der Waals surface area contributed by atoms with Gasteiger partial charge in [-0.2, -0.15) is 0 Å². The van der Waals surface area contributed by atoms with Crippen molar-refractivity contribution in [3.63, 3.8) is 0 Å². The van der Waals surface area contributed by atoms with Crippen LogP contribution in [-0.2, 0) is 9.53 Å². The van der Waals surface area contributed by atoms with Gasteiger partial charge in [-0.05, 0) is 0 Å². The Morgan fingerprint density at radius 2 is 1.25 bits per heavy atom. The molecule has 1 saturated heterocycles. The first-order valence-electron chi connectivity index (χ1n) is 6.21. The Hall–Kier alpha value is 1.11. The molecule has 4 fully saturated rings. The number of Topliss-reactive ketones (excluding diaryl/α,β-unsaturated/α-hetero) is 1. The maximum absolute atomic E-state index is 12.5. The highest BCUT2D eigenvalue weighted by Gasteiger charge is 2.91. The molecule has 4 bridgehead atoms. The molecule has 0 radical (unpaired) electrons. The fourth-order valence-electron chi connectivity index (χ4n) is 5.03. The van der Waals surface area contributed by atoms with Crippen molar-refractivity contribution < 1.29 is 9.53 Å². The van der Waals surface area contributed by atoms with Crippen LogP contribution in [0.5, 0.6) is 0 Å². The van der Waals surface area contributed by atoms with Crippen LogP contribution in [0.2, 0.25) is 0 Å². The third-order valence-corrected chi connectivity index (χ3v) is 10.0. The van der Waals surface area contributed by atoms with E-state index in [1.807, 2.05) is 0 Å². The summed E-state index contributed by atoms with van der Waals surface area (Å²) in [5.41, 5.74) is 0. The van der Waals surface area contributed by atoms with Gasteiger partial charge in [-0.3, -0.25) is 4.79 Å². The molecule has 108 valence electrons. The number of halogens is 6. The van der Waals surface area contributed by atoms with Crippen molar-refractivity contribution in [1.29, 1.82) is 0 Å². The number of epoxide rings is 1. The van der Waals surface area contributed by atoms with Crippen LogP contribution in [0.3, 0.4) is 0 Å². The number of ether oxygens (including phenoxy) is 1. The molecule has 0 aromatic carbocycles. The summed E-state index contributed by atoms with van der Waals surface area (Å²) >= 11 is 39.1. The Morgan fingerprint density at radius 3 is 1.65 bits per heavy atom.